The monoisotopic (exact) mass is 218 g/mol. The summed E-state index contributed by atoms with van der Waals surface area (Å²) in [5.41, 5.74) is 0.733. The predicted octanol–water partition coefficient (Wildman–Crippen LogP) is 2.66. The van der Waals surface area contributed by atoms with Gasteiger partial charge in [-0.05, 0) is 31.9 Å². The van der Waals surface area contributed by atoms with Gasteiger partial charge in [-0.25, -0.2) is 4.98 Å². The van der Waals surface area contributed by atoms with Gasteiger partial charge in [0.15, 0.2) is 5.78 Å². The molecule has 1 aliphatic carbocycles. The van der Waals surface area contributed by atoms with Crippen LogP contribution in [0.1, 0.15) is 43.0 Å². The molecule has 0 amide bonds. The summed E-state index contributed by atoms with van der Waals surface area (Å²) in [5, 5.41) is 0. The lowest BCUT2D eigenvalue weighted by molar-refractivity contribution is 0.101. The molecule has 2 rings (SSSR count). The Hall–Kier alpha value is -1.38. The number of hydrogen-bond acceptors (Lipinski definition) is 3. The summed E-state index contributed by atoms with van der Waals surface area (Å²) in [4.78, 5) is 18.0. The van der Waals surface area contributed by atoms with Crippen LogP contribution < -0.4 is 4.90 Å². The van der Waals surface area contributed by atoms with Crippen molar-refractivity contribution in [2.24, 2.45) is 0 Å². The van der Waals surface area contributed by atoms with Crippen LogP contribution in [0.3, 0.4) is 0 Å². The molecule has 1 fully saturated rings. The van der Waals surface area contributed by atoms with Gasteiger partial charge in [0.25, 0.3) is 0 Å². The lowest BCUT2D eigenvalue weighted by Crippen LogP contribution is -2.30. The molecule has 3 nitrogen and oxygen atoms in total. The van der Waals surface area contributed by atoms with Gasteiger partial charge in [0.1, 0.15) is 5.82 Å². The molecule has 0 unspecified atom stereocenters. The van der Waals surface area contributed by atoms with Crippen molar-refractivity contribution in [3.63, 3.8) is 0 Å². The first-order chi connectivity index (χ1) is 7.70. The Bertz CT molecular complexity index is 383. The van der Waals surface area contributed by atoms with E-state index in [0.29, 0.717) is 6.04 Å². The predicted molar refractivity (Wildman–Crippen MR) is 64.9 cm³/mol. The molecular formula is C13H18N2O. The molecule has 1 aromatic heterocycles. The van der Waals surface area contributed by atoms with Crippen molar-refractivity contribution in [1.29, 1.82) is 0 Å². The molecule has 0 bridgehead atoms. The summed E-state index contributed by atoms with van der Waals surface area (Å²) < 4.78 is 0. The fourth-order valence-corrected chi connectivity index (χ4v) is 2.42. The Morgan fingerprint density at radius 3 is 2.75 bits per heavy atom. The van der Waals surface area contributed by atoms with Gasteiger partial charge in [-0.2, -0.15) is 0 Å². The average molecular weight is 218 g/mol. The maximum atomic E-state index is 11.5. The summed E-state index contributed by atoms with van der Waals surface area (Å²) in [5.74, 6) is 0.926. The first-order valence-corrected chi connectivity index (χ1v) is 5.89. The number of carbonyl (C=O) groups excluding carboxylic acids is 1. The highest BCUT2D eigenvalue weighted by molar-refractivity contribution is 5.98. The molecule has 16 heavy (non-hydrogen) atoms. The molecule has 86 valence electrons. The zero-order chi connectivity index (χ0) is 11.5. The van der Waals surface area contributed by atoms with Crippen LogP contribution in [0.25, 0.3) is 0 Å². The van der Waals surface area contributed by atoms with Crippen LogP contribution in [-0.2, 0) is 0 Å². The largest absolute Gasteiger partial charge is 0.356 e. The number of carbonyl (C=O) groups is 1. The third-order valence-corrected chi connectivity index (χ3v) is 3.37. The summed E-state index contributed by atoms with van der Waals surface area (Å²) >= 11 is 0. The van der Waals surface area contributed by atoms with Gasteiger partial charge in [-0.1, -0.05) is 12.8 Å². The van der Waals surface area contributed by atoms with Crippen LogP contribution in [0.2, 0.25) is 0 Å². The van der Waals surface area contributed by atoms with Crippen LogP contribution in [-0.4, -0.2) is 23.9 Å². The summed E-state index contributed by atoms with van der Waals surface area (Å²) in [7, 11) is 2.05. The molecule has 1 saturated carbocycles. The van der Waals surface area contributed by atoms with E-state index in [1.165, 1.54) is 25.7 Å². The molecular weight excluding hydrogens is 200 g/mol. The fourth-order valence-electron chi connectivity index (χ4n) is 2.42. The number of Topliss-reactive ketones (excluding diaryl/α,β-unsaturated/α-hetero) is 1. The summed E-state index contributed by atoms with van der Waals surface area (Å²) in [6, 6.07) is 4.23. The highest BCUT2D eigenvalue weighted by Crippen LogP contribution is 2.27. The summed E-state index contributed by atoms with van der Waals surface area (Å²) in [6.45, 7) is 1.60. The zero-order valence-corrected chi connectivity index (χ0v) is 9.94. The third-order valence-electron chi connectivity index (χ3n) is 3.37. The molecule has 1 aliphatic rings. The average Bonchev–Trinajstić information content (AvgIpc) is 2.81. The maximum Gasteiger partial charge on any atom is 0.163 e. The quantitative estimate of drug-likeness (QED) is 0.731. The number of anilines is 1. The maximum absolute atomic E-state index is 11.5. The molecule has 1 aromatic rings. The molecule has 3 heteroatoms. The van der Waals surface area contributed by atoms with Gasteiger partial charge >= 0.3 is 0 Å². The molecule has 0 atom stereocenters. The molecule has 0 saturated heterocycles. The number of rotatable bonds is 3. The highest BCUT2D eigenvalue weighted by Gasteiger charge is 2.23. The van der Waals surface area contributed by atoms with E-state index in [-0.39, 0.29) is 5.78 Å². The number of ketones is 1. The van der Waals surface area contributed by atoms with Gasteiger partial charge < -0.3 is 4.90 Å². The Balaban J connectivity index is 2.27. The lowest BCUT2D eigenvalue weighted by atomic mass is 10.1. The first-order valence-electron chi connectivity index (χ1n) is 5.89. The number of pyridine rings is 1. The fraction of sp³-hybridized carbons (Fsp3) is 0.538. The Morgan fingerprint density at radius 2 is 2.12 bits per heavy atom. The molecule has 0 aromatic carbocycles. The van der Waals surface area contributed by atoms with Crippen LogP contribution in [0.4, 0.5) is 5.82 Å². The van der Waals surface area contributed by atoms with E-state index < -0.39 is 0 Å². The molecule has 1 heterocycles. The van der Waals surface area contributed by atoms with Crippen molar-refractivity contribution >= 4 is 11.6 Å². The SMILES string of the molecule is CC(=O)c1cccnc1N(C)C1CCCC1. The van der Waals surface area contributed by atoms with Gasteiger partial charge in [0, 0.05) is 19.3 Å². The van der Waals surface area contributed by atoms with E-state index >= 15 is 0 Å². The molecule has 0 aliphatic heterocycles. The Labute approximate surface area is 96.5 Å². The van der Waals surface area contributed by atoms with E-state index in [1.54, 1.807) is 13.1 Å². The van der Waals surface area contributed by atoms with Crippen molar-refractivity contribution in [3.05, 3.63) is 23.9 Å². The summed E-state index contributed by atoms with van der Waals surface area (Å²) in [6.07, 6.45) is 6.76. The van der Waals surface area contributed by atoms with Crippen molar-refractivity contribution < 1.29 is 4.79 Å². The van der Waals surface area contributed by atoms with Crippen LogP contribution in [0, 0.1) is 0 Å². The van der Waals surface area contributed by atoms with E-state index in [2.05, 4.69) is 9.88 Å². The number of aromatic nitrogens is 1. The van der Waals surface area contributed by atoms with Gasteiger partial charge in [-0.15, -0.1) is 0 Å². The molecule has 0 radical (unpaired) electrons. The van der Waals surface area contributed by atoms with E-state index in [9.17, 15) is 4.79 Å². The smallest absolute Gasteiger partial charge is 0.163 e. The lowest BCUT2D eigenvalue weighted by Gasteiger charge is -2.26. The van der Waals surface area contributed by atoms with Crippen molar-refractivity contribution in [2.75, 3.05) is 11.9 Å². The second kappa shape index (κ2) is 4.64. The van der Waals surface area contributed by atoms with Crippen LogP contribution in [0.5, 0.6) is 0 Å². The minimum absolute atomic E-state index is 0.0907. The minimum atomic E-state index is 0.0907. The van der Waals surface area contributed by atoms with Crippen molar-refractivity contribution in [1.82, 2.24) is 4.98 Å². The van der Waals surface area contributed by atoms with E-state index in [0.717, 1.165) is 11.4 Å². The third kappa shape index (κ3) is 2.08. The van der Waals surface area contributed by atoms with Crippen LogP contribution in [0.15, 0.2) is 18.3 Å². The van der Waals surface area contributed by atoms with Gasteiger partial charge in [0.2, 0.25) is 0 Å². The van der Waals surface area contributed by atoms with Crippen molar-refractivity contribution in [2.45, 2.75) is 38.6 Å². The topological polar surface area (TPSA) is 33.2 Å². The zero-order valence-electron chi connectivity index (χ0n) is 9.94. The second-order valence-corrected chi connectivity index (χ2v) is 4.48. The molecule has 0 N–H and O–H groups in total. The first kappa shape index (κ1) is 11.1. The standard InChI is InChI=1S/C13H18N2O/c1-10(16)12-8-5-9-14-13(12)15(2)11-6-3-4-7-11/h5,8-9,11H,3-4,6-7H2,1-2H3. The van der Waals surface area contributed by atoms with E-state index in [4.69, 9.17) is 0 Å². The molecule has 0 spiro atoms. The van der Waals surface area contributed by atoms with Gasteiger partial charge in [0.05, 0.1) is 5.56 Å². The number of hydrogen-bond donors (Lipinski definition) is 0. The number of nitrogens with zero attached hydrogens (tertiary/aromatic N) is 2. The van der Waals surface area contributed by atoms with Crippen molar-refractivity contribution in [3.8, 4) is 0 Å². The second-order valence-electron chi connectivity index (χ2n) is 4.48. The van der Waals surface area contributed by atoms with Crippen LogP contribution >= 0.6 is 0 Å². The Morgan fingerprint density at radius 1 is 1.44 bits per heavy atom. The van der Waals surface area contributed by atoms with Gasteiger partial charge in [-0.3, -0.25) is 4.79 Å². The van der Waals surface area contributed by atoms with E-state index in [1.807, 2.05) is 19.2 Å². The minimum Gasteiger partial charge on any atom is -0.356 e. The Kier molecular flexibility index (Phi) is 3.22. The normalized spacial score (nSPS) is 16.4. The highest BCUT2D eigenvalue weighted by atomic mass is 16.1.